The lowest BCUT2D eigenvalue weighted by atomic mass is 10.2. The van der Waals surface area contributed by atoms with Gasteiger partial charge in [-0.15, -0.1) is 0 Å². The second-order valence-electron chi connectivity index (χ2n) is 6.82. The van der Waals surface area contributed by atoms with E-state index in [1.807, 2.05) is 13.8 Å². The molecule has 29 heavy (non-hydrogen) atoms. The van der Waals surface area contributed by atoms with Gasteiger partial charge in [-0.25, -0.2) is 13.2 Å². The number of piperazine rings is 1. The van der Waals surface area contributed by atoms with Crippen molar-refractivity contribution in [3.05, 3.63) is 28.2 Å². The Balaban J connectivity index is 1.84. The van der Waals surface area contributed by atoms with E-state index in [4.69, 9.17) is 23.2 Å². The first-order valence-electron chi connectivity index (χ1n) is 9.42. The normalized spacial score (nSPS) is 16.3. The standard InChI is InChI=1S/C18H26Cl2N4O4S/c1-3-13(2)22-17(25)6-7-21-18(26)23-8-10-24(11-9-23)29(27,28)16-12-14(19)4-5-15(16)20/h4-5,12-13H,3,6-11H2,1-2H3,(H,21,26)(H,22,25). The number of amides is 3. The number of carbonyl (C=O) groups excluding carboxylic acids is 2. The summed E-state index contributed by atoms with van der Waals surface area (Å²) in [6.45, 7) is 4.88. The number of carbonyl (C=O) groups is 2. The molecule has 0 aliphatic carbocycles. The number of rotatable bonds is 7. The van der Waals surface area contributed by atoms with Crippen molar-refractivity contribution in [3.63, 3.8) is 0 Å². The van der Waals surface area contributed by atoms with Crippen LogP contribution in [0.1, 0.15) is 26.7 Å². The summed E-state index contributed by atoms with van der Waals surface area (Å²) in [6, 6.07) is 4.06. The second kappa shape index (κ2) is 10.5. The molecule has 1 aliphatic rings. The molecule has 3 amide bonds. The van der Waals surface area contributed by atoms with Crippen LogP contribution in [-0.2, 0) is 14.8 Å². The summed E-state index contributed by atoms with van der Waals surface area (Å²) in [5, 5.41) is 5.91. The number of halogens is 2. The molecule has 162 valence electrons. The highest BCUT2D eigenvalue weighted by molar-refractivity contribution is 7.89. The quantitative estimate of drug-likeness (QED) is 0.646. The van der Waals surface area contributed by atoms with Gasteiger partial charge in [-0.2, -0.15) is 4.31 Å². The van der Waals surface area contributed by atoms with Crippen molar-refractivity contribution in [2.24, 2.45) is 0 Å². The molecule has 1 aliphatic heterocycles. The van der Waals surface area contributed by atoms with E-state index in [0.29, 0.717) is 0 Å². The Morgan fingerprint density at radius 3 is 2.45 bits per heavy atom. The monoisotopic (exact) mass is 464 g/mol. The van der Waals surface area contributed by atoms with Crippen LogP contribution < -0.4 is 10.6 Å². The van der Waals surface area contributed by atoms with E-state index in [1.54, 1.807) is 0 Å². The van der Waals surface area contributed by atoms with Crippen molar-refractivity contribution >= 4 is 45.2 Å². The molecule has 1 heterocycles. The van der Waals surface area contributed by atoms with Crippen molar-refractivity contribution in [1.82, 2.24) is 19.8 Å². The summed E-state index contributed by atoms with van der Waals surface area (Å²) in [5.41, 5.74) is 0. The van der Waals surface area contributed by atoms with Gasteiger partial charge < -0.3 is 15.5 Å². The molecule has 11 heteroatoms. The maximum Gasteiger partial charge on any atom is 0.317 e. The molecule has 1 saturated heterocycles. The van der Waals surface area contributed by atoms with Crippen LogP contribution in [0.15, 0.2) is 23.1 Å². The number of benzene rings is 1. The first kappa shape index (κ1) is 23.7. The zero-order chi connectivity index (χ0) is 21.6. The molecule has 1 unspecified atom stereocenters. The molecule has 1 aromatic carbocycles. The Kier molecular flexibility index (Phi) is 8.57. The zero-order valence-electron chi connectivity index (χ0n) is 16.5. The van der Waals surface area contributed by atoms with E-state index in [0.717, 1.165) is 6.42 Å². The number of hydrogen-bond acceptors (Lipinski definition) is 4. The van der Waals surface area contributed by atoms with E-state index >= 15 is 0 Å². The van der Waals surface area contributed by atoms with E-state index in [2.05, 4.69) is 10.6 Å². The maximum absolute atomic E-state index is 12.8. The molecular weight excluding hydrogens is 439 g/mol. The van der Waals surface area contributed by atoms with E-state index in [9.17, 15) is 18.0 Å². The molecule has 8 nitrogen and oxygen atoms in total. The summed E-state index contributed by atoms with van der Waals surface area (Å²) >= 11 is 11.9. The molecule has 0 spiro atoms. The highest BCUT2D eigenvalue weighted by atomic mass is 35.5. The van der Waals surface area contributed by atoms with Crippen LogP contribution in [0, 0.1) is 0 Å². The van der Waals surface area contributed by atoms with Crippen LogP contribution in [0.3, 0.4) is 0 Å². The zero-order valence-corrected chi connectivity index (χ0v) is 18.8. The smallest absolute Gasteiger partial charge is 0.317 e. The highest BCUT2D eigenvalue weighted by Gasteiger charge is 2.31. The van der Waals surface area contributed by atoms with Gasteiger partial charge in [-0.3, -0.25) is 4.79 Å². The van der Waals surface area contributed by atoms with Gasteiger partial charge >= 0.3 is 6.03 Å². The van der Waals surface area contributed by atoms with Crippen molar-refractivity contribution in [2.75, 3.05) is 32.7 Å². The molecule has 0 bridgehead atoms. The Morgan fingerprint density at radius 1 is 1.17 bits per heavy atom. The molecule has 0 saturated carbocycles. The summed E-state index contributed by atoms with van der Waals surface area (Å²) in [5.74, 6) is -0.117. The molecule has 2 N–H and O–H groups in total. The Hall–Kier alpha value is -1.55. The van der Waals surface area contributed by atoms with E-state index < -0.39 is 10.0 Å². The third kappa shape index (κ3) is 6.47. The first-order valence-corrected chi connectivity index (χ1v) is 11.6. The summed E-state index contributed by atoms with van der Waals surface area (Å²) < 4.78 is 26.9. The third-order valence-corrected chi connectivity index (χ3v) is 7.30. The minimum absolute atomic E-state index is 0.0445. The molecule has 0 aromatic heterocycles. The molecular formula is C18H26Cl2N4O4S. The van der Waals surface area contributed by atoms with Crippen LogP contribution in [0.2, 0.25) is 10.0 Å². The van der Waals surface area contributed by atoms with Crippen LogP contribution in [0.4, 0.5) is 4.79 Å². The summed E-state index contributed by atoms with van der Waals surface area (Å²) in [7, 11) is -3.80. The first-order chi connectivity index (χ1) is 13.6. The van der Waals surface area contributed by atoms with Gasteiger partial charge in [0.05, 0.1) is 5.02 Å². The highest BCUT2D eigenvalue weighted by Crippen LogP contribution is 2.28. The fraction of sp³-hybridized carbons (Fsp3) is 0.556. The molecule has 2 rings (SSSR count). The number of nitrogens with one attached hydrogen (secondary N) is 2. The van der Waals surface area contributed by atoms with Crippen LogP contribution >= 0.6 is 23.2 Å². The summed E-state index contributed by atoms with van der Waals surface area (Å²) in [6.07, 6.45) is 1.03. The fourth-order valence-corrected chi connectivity index (χ4v) is 4.95. The van der Waals surface area contributed by atoms with Crippen LogP contribution in [-0.4, -0.2) is 68.3 Å². The van der Waals surface area contributed by atoms with Gasteiger partial charge in [0.2, 0.25) is 15.9 Å². The van der Waals surface area contributed by atoms with Gasteiger partial charge in [-0.05, 0) is 31.5 Å². The van der Waals surface area contributed by atoms with Crippen molar-refractivity contribution in [2.45, 2.75) is 37.6 Å². The van der Waals surface area contributed by atoms with Crippen LogP contribution in [0.5, 0.6) is 0 Å². The maximum atomic E-state index is 12.8. The minimum Gasteiger partial charge on any atom is -0.354 e. The number of sulfonamides is 1. The number of hydrogen-bond donors (Lipinski definition) is 2. The fourth-order valence-electron chi connectivity index (χ4n) is 2.79. The number of nitrogens with zero attached hydrogens (tertiary/aromatic N) is 2. The average molecular weight is 465 g/mol. The van der Waals surface area contributed by atoms with Gasteiger partial charge in [0.25, 0.3) is 0 Å². The van der Waals surface area contributed by atoms with Crippen LogP contribution in [0.25, 0.3) is 0 Å². The average Bonchev–Trinajstić information content (AvgIpc) is 2.69. The predicted molar refractivity (Wildman–Crippen MR) is 113 cm³/mol. The predicted octanol–water partition coefficient (Wildman–Crippen LogP) is 2.31. The Bertz CT molecular complexity index is 842. The lowest BCUT2D eigenvalue weighted by Gasteiger charge is -2.34. The largest absolute Gasteiger partial charge is 0.354 e. The van der Waals surface area contributed by atoms with Gasteiger partial charge in [-0.1, -0.05) is 30.1 Å². The number of urea groups is 1. The van der Waals surface area contributed by atoms with Gasteiger partial charge in [0.15, 0.2) is 0 Å². The van der Waals surface area contributed by atoms with Crippen molar-refractivity contribution in [3.8, 4) is 0 Å². The molecule has 1 atom stereocenters. The molecule has 1 aromatic rings. The third-order valence-electron chi connectivity index (χ3n) is 4.68. The van der Waals surface area contributed by atoms with E-state index in [1.165, 1.54) is 27.4 Å². The SMILES string of the molecule is CCC(C)NC(=O)CCNC(=O)N1CCN(S(=O)(=O)c2cc(Cl)ccc2Cl)CC1. The van der Waals surface area contributed by atoms with E-state index in [-0.39, 0.29) is 72.1 Å². The summed E-state index contributed by atoms with van der Waals surface area (Å²) in [4.78, 5) is 25.5. The Morgan fingerprint density at radius 2 is 1.83 bits per heavy atom. The lowest BCUT2D eigenvalue weighted by Crippen LogP contribution is -2.53. The van der Waals surface area contributed by atoms with Crippen molar-refractivity contribution in [1.29, 1.82) is 0 Å². The topological polar surface area (TPSA) is 98.8 Å². The lowest BCUT2D eigenvalue weighted by molar-refractivity contribution is -0.121. The van der Waals surface area contributed by atoms with Gasteiger partial charge in [0.1, 0.15) is 4.90 Å². The molecule has 0 radical (unpaired) electrons. The van der Waals surface area contributed by atoms with Crippen molar-refractivity contribution < 1.29 is 18.0 Å². The second-order valence-corrected chi connectivity index (χ2v) is 9.57. The minimum atomic E-state index is -3.80. The Labute approximate surface area is 181 Å². The molecule has 1 fully saturated rings. The van der Waals surface area contributed by atoms with Gasteiger partial charge in [0, 0.05) is 50.2 Å².